The molecule has 0 radical (unpaired) electrons. The number of hydrogen-bond acceptors (Lipinski definition) is 6. The van der Waals surface area contributed by atoms with Gasteiger partial charge in [0.2, 0.25) is 12.7 Å². The summed E-state index contributed by atoms with van der Waals surface area (Å²) in [4.78, 5) is 13.1. The molecule has 1 aliphatic rings. The highest BCUT2D eigenvalue weighted by atomic mass is 16.7. The molecule has 0 bridgehead atoms. The molecule has 0 saturated carbocycles. The van der Waals surface area contributed by atoms with Gasteiger partial charge in [-0.25, -0.2) is 9.97 Å². The standard InChI is InChI=1S/C13H10N4O2/c1-14-13-15-5-8-2-7-3-10-11(19-6-18-10)4-9(7)16-12(8)17-13/h2-5H,6H2,1H3,(H,14,15,16,17). The van der Waals surface area contributed by atoms with Crippen LogP contribution in [0.3, 0.4) is 0 Å². The van der Waals surface area contributed by atoms with Gasteiger partial charge < -0.3 is 14.8 Å². The van der Waals surface area contributed by atoms with Crippen molar-refractivity contribution in [3.63, 3.8) is 0 Å². The van der Waals surface area contributed by atoms with Crippen molar-refractivity contribution in [1.82, 2.24) is 15.0 Å². The molecule has 1 aliphatic heterocycles. The lowest BCUT2D eigenvalue weighted by Gasteiger charge is -2.04. The van der Waals surface area contributed by atoms with Gasteiger partial charge in [0.25, 0.3) is 0 Å². The Morgan fingerprint density at radius 2 is 1.89 bits per heavy atom. The number of pyridine rings is 1. The molecular formula is C13H10N4O2. The summed E-state index contributed by atoms with van der Waals surface area (Å²) in [5, 5.41) is 4.78. The van der Waals surface area contributed by atoms with Crippen LogP contribution in [0, 0.1) is 0 Å². The fourth-order valence-corrected chi connectivity index (χ4v) is 2.13. The van der Waals surface area contributed by atoms with Crippen molar-refractivity contribution in [2.75, 3.05) is 19.2 Å². The minimum atomic E-state index is 0.259. The van der Waals surface area contributed by atoms with Crippen molar-refractivity contribution in [2.45, 2.75) is 0 Å². The highest BCUT2D eigenvalue weighted by molar-refractivity contribution is 5.92. The summed E-state index contributed by atoms with van der Waals surface area (Å²) >= 11 is 0. The van der Waals surface area contributed by atoms with E-state index in [-0.39, 0.29) is 6.79 Å². The van der Waals surface area contributed by atoms with Gasteiger partial charge in [0.15, 0.2) is 17.1 Å². The molecule has 3 heterocycles. The molecule has 0 amide bonds. The first-order valence-electron chi connectivity index (χ1n) is 5.88. The smallest absolute Gasteiger partial charge is 0.231 e. The van der Waals surface area contributed by atoms with Gasteiger partial charge >= 0.3 is 0 Å². The number of aromatic nitrogens is 3. The van der Waals surface area contributed by atoms with Gasteiger partial charge in [0, 0.05) is 30.1 Å². The molecule has 94 valence electrons. The Labute approximate surface area is 108 Å². The van der Waals surface area contributed by atoms with Crippen molar-refractivity contribution in [2.24, 2.45) is 0 Å². The molecule has 0 atom stereocenters. The zero-order valence-corrected chi connectivity index (χ0v) is 10.2. The number of fused-ring (bicyclic) bond motifs is 3. The van der Waals surface area contributed by atoms with Crippen LogP contribution < -0.4 is 14.8 Å². The molecule has 19 heavy (non-hydrogen) atoms. The molecule has 4 rings (SSSR count). The second-order valence-corrected chi connectivity index (χ2v) is 4.24. The third-order valence-electron chi connectivity index (χ3n) is 3.08. The van der Waals surface area contributed by atoms with Crippen molar-refractivity contribution >= 4 is 27.9 Å². The van der Waals surface area contributed by atoms with E-state index < -0.39 is 0 Å². The van der Waals surface area contributed by atoms with Crippen LogP contribution in [0.15, 0.2) is 24.4 Å². The lowest BCUT2D eigenvalue weighted by molar-refractivity contribution is 0.174. The van der Waals surface area contributed by atoms with Gasteiger partial charge in [-0.1, -0.05) is 0 Å². The average molecular weight is 254 g/mol. The predicted molar refractivity (Wildman–Crippen MR) is 70.5 cm³/mol. The Hall–Kier alpha value is -2.63. The second-order valence-electron chi connectivity index (χ2n) is 4.24. The van der Waals surface area contributed by atoms with Crippen LogP contribution in [0.2, 0.25) is 0 Å². The first kappa shape index (κ1) is 10.3. The van der Waals surface area contributed by atoms with Crippen LogP contribution in [0.1, 0.15) is 0 Å². The summed E-state index contributed by atoms with van der Waals surface area (Å²) in [5.74, 6) is 2.03. The van der Waals surface area contributed by atoms with Gasteiger partial charge in [-0.15, -0.1) is 0 Å². The quantitative estimate of drug-likeness (QED) is 0.669. The zero-order valence-electron chi connectivity index (χ0n) is 10.2. The maximum absolute atomic E-state index is 5.36. The SMILES string of the molecule is CNc1ncc2cc3cc4c(cc3nc2n1)OCO4. The lowest BCUT2D eigenvalue weighted by Crippen LogP contribution is -1.97. The fraction of sp³-hybridized carbons (Fsp3) is 0.154. The maximum atomic E-state index is 5.36. The topological polar surface area (TPSA) is 69.2 Å². The highest BCUT2D eigenvalue weighted by Crippen LogP contribution is 2.36. The molecule has 6 nitrogen and oxygen atoms in total. The third-order valence-corrected chi connectivity index (χ3v) is 3.08. The molecule has 0 aliphatic carbocycles. The molecule has 1 N–H and O–H groups in total. The van der Waals surface area contributed by atoms with Crippen LogP contribution in [-0.2, 0) is 0 Å². The molecule has 0 saturated heterocycles. The van der Waals surface area contributed by atoms with E-state index in [9.17, 15) is 0 Å². The molecule has 0 spiro atoms. The minimum absolute atomic E-state index is 0.259. The lowest BCUT2D eigenvalue weighted by atomic mass is 10.1. The Kier molecular flexibility index (Phi) is 2.00. The number of anilines is 1. The normalized spacial score (nSPS) is 13.1. The molecule has 0 fully saturated rings. The van der Waals surface area contributed by atoms with E-state index >= 15 is 0 Å². The number of nitrogens with one attached hydrogen (secondary N) is 1. The van der Waals surface area contributed by atoms with E-state index in [1.54, 1.807) is 13.2 Å². The second kappa shape index (κ2) is 3.68. The Balaban J connectivity index is 2.02. The Morgan fingerprint density at radius 1 is 1.05 bits per heavy atom. The van der Waals surface area contributed by atoms with Gasteiger partial charge in [-0.3, -0.25) is 0 Å². The number of benzene rings is 1. The van der Waals surface area contributed by atoms with Crippen molar-refractivity contribution in [1.29, 1.82) is 0 Å². The van der Waals surface area contributed by atoms with Crippen molar-refractivity contribution in [3.8, 4) is 11.5 Å². The van der Waals surface area contributed by atoms with Crippen LogP contribution in [0.25, 0.3) is 21.9 Å². The summed E-state index contributed by atoms with van der Waals surface area (Å²) in [5.41, 5.74) is 1.49. The van der Waals surface area contributed by atoms with Crippen LogP contribution >= 0.6 is 0 Å². The largest absolute Gasteiger partial charge is 0.454 e. The molecular weight excluding hydrogens is 244 g/mol. The van der Waals surface area contributed by atoms with Crippen molar-refractivity contribution in [3.05, 3.63) is 24.4 Å². The van der Waals surface area contributed by atoms with E-state index in [0.29, 0.717) is 11.6 Å². The summed E-state index contributed by atoms with van der Waals surface area (Å²) in [6.45, 7) is 0.259. The maximum Gasteiger partial charge on any atom is 0.231 e. The Bertz CT molecular complexity index is 803. The highest BCUT2D eigenvalue weighted by Gasteiger charge is 2.15. The molecule has 3 aromatic rings. The van der Waals surface area contributed by atoms with Gasteiger partial charge in [-0.2, -0.15) is 4.98 Å². The number of nitrogens with zero attached hydrogens (tertiary/aromatic N) is 3. The Morgan fingerprint density at radius 3 is 2.74 bits per heavy atom. The van der Waals surface area contributed by atoms with E-state index in [2.05, 4.69) is 20.3 Å². The monoisotopic (exact) mass is 254 g/mol. The molecule has 1 aromatic carbocycles. The van der Waals surface area contributed by atoms with Crippen LogP contribution in [0.5, 0.6) is 11.5 Å². The van der Waals surface area contributed by atoms with Gasteiger partial charge in [0.1, 0.15) is 0 Å². The third kappa shape index (κ3) is 1.53. The predicted octanol–water partition coefficient (Wildman–Crippen LogP) is 1.95. The fourth-order valence-electron chi connectivity index (χ4n) is 2.13. The van der Waals surface area contributed by atoms with E-state index in [1.807, 2.05) is 18.2 Å². The average Bonchev–Trinajstić information content (AvgIpc) is 2.88. The van der Waals surface area contributed by atoms with Gasteiger partial charge in [0.05, 0.1) is 5.52 Å². The van der Waals surface area contributed by atoms with Gasteiger partial charge in [-0.05, 0) is 12.1 Å². The molecule has 6 heteroatoms. The summed E-state index contributed by atoms with van der Waals surface area (Å²) in [7, 11) is 1.78. The number of ether oxygens (including phenoxy) is 2. The number of rotatable bonds is 1. The first-order valence-corrected chi connectivity index (χ1v) is 5.88. The number of hydrogen-bond donors (Lipinski definition) is 1. The molecule has 2 aromatic heterocycles. The summed E-state index contributed by atoms with van der Waals surface area (Å²) < 4.78 is 10.7. The van der Waals surface area contributed by atoms with E-state index in [1.165, 1.54) is 0 Å². The zero-order chi connectivity index (χ0) is 12.8. The minimum Gasteiger partial charge on any atom is -0.454 e. The van der Waals surface area contributed by atoms with Crippen molar-refractivity contribution < 1.29 is 9.47 Å². The van der Waals surface area contributed by atoms with E-state index in [0.717, 1.165) is 27.8 Å². The van der Waals surface area contributed by atoms with Crippen LogP contribution in [0.4, 0.5) is 5.95 Å². The summed E-state index contributed by atoms with van der Waals surface area (Å²) in [6.07, 6.45) is 1.76. The van der Waals surface area contributed by atoms with E-state index in [4.69, 9.17) is 9.47 Å². The first-order chi connectivity index (χ1) is 9.33. The van der Waals surface area contributed by atoms with Crippen LogP contribution in [-0.4, -0.2) is 28.8 Å². The molecule has 0 unspecified atom stereocenters. The summed E-state index contributed by atoms with van der Waals surface area (Å²) in [6, 6.07) is 5.80.